The number of benzene rings is 1. The second-order valence-electron chi connectivity index (χ2n) is 12.6. The molecule has 2 N–H and O–H groups in total. The number of pyridine rings is 1. The predicted molar refractivity (Wildman–Crippen MR) is 166 cm³/mol. The number of hydrogen-bond donors (Lipinski definition) is 1. The number of methoxy groups -OCH3 is 2. The van der Waals surface area contributed by atoms with Gasteiger partial charge in [-0.25, -0.2) is 8.91 Å². The standard InChI is InChI=1S/C33H41FN6O3/c1-20-31(36-40-17-23(13-30(43-3)32(20)40)33(41)38-18-24(34)14-25(35)19-38)29-12-22-6-7-26(37-10-8-27(42-2)9-11-37)15-28(22)39(29)16-21-4-5-21/h6-7,12-13,15,17,21,24-25,27H,4-5,8-11,14,16,18-19,35H2,1-3H3/t24-,25-/m1/s1. The Morgan fingerprint density at radius 1 is 1.09 bits per heavy atom. The van der Waals surface area contributed by atoms with Gasteiger partial charge in [-0.15, -0.1) is 0 Å². The molecule has 2 aliphatic heterocycles. The van der Waals surface area contributed by atoms with Crippen molar-refractivity contribution in [3.63, 3.8) is 0 Å². The molecule has 3 aliphatic rings. The number of aryl methyl sites for hydroxylation is 1. The summed E-state index contributed by atoms with van der Waals surface area (Å²) >= 11 is 0. The van der Waals surface area contributed by atoms with Gasteiger partial charge in [0.05, 0.1) is 36.5 Å². The molecule has 0 radical (unpaired) electrons. The number of likely N-dealkylation sites (tertiary alicyclic amines) is 1. The summed E-state index contributed by atoms with van der Waals surface area (Å²) in [5.74, 6) is 0.964. The van der Waals surface area contributed by atoms with Gasteiger partial charge in [-0.2, -0.15) is 5.10 Å². The number of piperidine rings is 2. The summed E-state index contributed by atoms with van der Waals surface area (Å²) in [5.41, 5.74) is 12.6. The van der Waals surface area contributed by atoms with Crippen LogP contribution in [0.5, 0.6) is 5.75 Å². The minimum atomic E-state index is -1.12. The molecule has 2 atom stereocenters. The lowest BCUT2D eigenvalue weighted by Crippen LogP contribution is -2.50. The summed E-state index contributed by atoms with van der Waals surface area (Å²) in [7, 11) is 3.41. The summed E-state index contributed by atoms with van der Waals surface area (Å²) in [5, 5.41) is 6.23. The first-order chi connectivity index (χ1) is 20.8. The Morgan fingerprint density at radius 2 is 1.88 bits per heavy atom. The fourth-order valence-corrected chi connectivity index (χ4v) is 6.97. The van der Waals surface area contributed by atoms with Crippen LogP contribution in [-0.4, -0.2) is 83.7 Å². The molecule has 1 saturated carbocycles. The molecule has 5 heterocycles. The van der Waals surface area contributed by atoms with Crippen molar-refractivity contribution in [3.8, 4) is 17.1 Å². The number of nitrogens with two attached hydrogens (primary N) is 1. The van der Waals surface area contributed by atoms with E-state index in [1.54, 1.807) is 31.0 Å². The first-order valence-corrected chi connectivity index (χ1v) is 15.5. The summed E-state index contributed by atoms with van der Waals surface area (Å²) in [6, 6.07) is 10.4. The van der Waals surface area contributed by atoms with Gasteiger partial charge in [0.25, 0.3) is 5.91 Å². The molecule has 1 aliphatic carbocycles. The summed E-state index contributed by atoms with van der Waals surface area (Å²) < 4.78 is 29.8. The number of alkyl halides is 1. The highest BCUT2D eigenvalue weighted by atomic mass is 19.1. The normalized spacial score (nSPS) is 21.7. The number of rotatable bonds is 7. The van der Waals surface area contributed by atoms with Crippen molar-refractivity contribution in [2.75, 3.05) is 45.3 Å². The van der Waals surface area contributed by atoms with Crippen molar-refractivity contribution in [1.29, 1.82) is 0 Å². The van der Waals surface area contributed by atoms with E-state index in [2.05, 4.69) is 40.7 Å². The number of hydrogen-bond acceptors (Lipinski definition) is 6. The Labute approximate surface area is 251 Å². The summed E-state index contributed by atoms with van der Waals surface area (Å²) in [4.78, 5) is 17.4. The van der Waals surface area contributed by atoms with Crippen molar-refractivity contribution in [2.24, 2.45) is 11.7 Å². The zero-order valence-corrected chi connectivity index (χ0v) is 25.3. The molecule has 9 nitrogen and oxygen atoms in total. The molecular formula is C33H41FN6O3. The van der Waals surface area contributed by atoms with Crippen LogP contribution in [0.15, 0.2) is 36.5 Å². The highest BCUT2D eigenvalue weighted by molar-refractivity contribution is 5.96. The second-order valence-corrected chi connectivity index (χ2v) is 12.6. The molecule has 228 valence electrons. The van der Waals surface area contributed by atoms with Crippen LogP contribution >= 0.6 is 0 Å². The molecule has 4 aromatic rings. The average Bonchev–Trinajstić information content (AvgIpc) is 3.68. The lowest BCUT2D eigenvalue weighted by atomic mass is 10.0. The van der Waals surface area contributed by atoms with E-state index in [0.717, 1.165) is 54.9 Å². The highest BCUT2D eigenvalue weighted by Gasteiger charge is 2.31. The third kappa shape index (κ3) is 5.25. The van der Waals surface area contributed by atoms with Crippen LogP contribution in [0, 0.1) is 12.8 Å². The number of nitrogens with zero attached hydrogens (tertiary/aromatic N) is 5. The molecule has 0 bridgehead atoms. The van der Waals surface area contributed by atoms with E-state index < -0.39 is 6.17 Å². The topological polar surface area (TPSA) is 90.3 Å². The van der Waals surface area contributed by atoms with Gasteiger partial charge in [0.2, 0.25) is 0 Å². The summed E-state index contributed by atoms with van der Waals surface area (Å²) in [6.07, 6.45) is 5.79. The Kier molecular flexibility index (Phi) is 7.29. The maximum absolute atomic E-state index is 14.3. The van der Waals surface area contributed by atoms with Crippen molar-refractivity contribution >= 4 is 28.0 Å². The van der Waals surface area contributed by atoms with E-state index in [4.69, 9.17) is 20.3 Å². The quantitative estimate of drug-likeness (QED) is 0.333. The Balaban J connectivity index is 1.29. The van der Waals surface area contributed by atoms with Crippen LogP contribution in [0.2, 0.25) is 0 Å². The van der Waals surface area contributed by atoms with E-state index in [1.807, 2.05) is 0 Å². The molecule has 43 heavy (non-hydrogen) atoms. The number of anilines is 1. The fourth-order valence-electron chi connectivity index (χ4n) is 6.97. The zero-order chi connectivity index (χ0) is 29.8. The van der Waals surface area contributed by atoms with E-state index >= 15 is 0 Å². The van der Waals surface area contributed by atoms with Gasteiger partial charge in [0.15, 0.2) is 0 Å². The predicted octanol–water partition coefficient (Wildman–Crippen LogP) is 4.81. The van der Waals surface area contributed by atoms with Gasteiger partial charge in [0, 0.05) is 62.2 Å². The van der Waals surface area contributed by atoms with Crippen molar-refractivity contribution < 1.29 is 18.7 Å². The lowest BCUT2D eigenvalue weighted by Gasteiger charge is -2.33. The molecule has 0 spiro atoms. The first-order valence-electron chi connectivity index (χ1n) is 15.5. The molecule has 1 amide bonds. The molecule has 1 aromatic carbocycles. The van der Waals surface area contributed by atoms with Crippen molar-refractivity contribution in [3.05, 3.63) is 47.7 Å². The van der Waals surface area contributed by atoms with Crippen LogP contribution in [0.1, 0.15) is 48.0 Å². The lowest BCUT2D eigenvalue weighted by molar-refractivity contribution is 0.0605. The first kappa shape index (κ1) is 28.2. The van der Waals surface area contributed by atoms with Crippen LogP contribution in [0.3, 0.4) is 0 Å². The van der Waals surface area contributed by atoms with Gasteiger partial charge in [-0.3, -0.25) is 4.79 Å². The zero-order valence-electron chi connectivity index (χ0n) is 25.3. The highest BCUT2D eigenvalue weighted by Crippen LogP contribution is 2.39. The number of amides is 1. The summed E-state index contributed by atoms with van der Waals surface area (Å²) in [6.45, 7) is 5.36. The van der Waals surface area contributed by atoms with Crippen LogP contribution in [-0.2, 0) is 11.3 Å². The molecule has 2 saturated heterocycles. The van der Waals surface area contributed by atoms with Crippen LogP contribution < -0.4 is 15.4 Å². The third-order valence-electron chi connectivity index (χ3n) is 9.52. The van der Waals surface area contributed by atoms with E-state index in [0.29, 0.717) is 29.9 Å². The average molecular weight is 589 g/mol. The van der Waals surface area contributed by atoms with Gasteiger partial charge < -0.3 is 29.6 Å². The second kappa shape index (κ2) is 11.1. The number of carbonyl (C=O) groups excluding carboxylic acids is 1. The van der Waals surface area contributed by atoms with Gasteiger partial charge in [0.1, 0.15) is 23.1 Å². The molecule has 3 aromatic heterocycles. The number of fused-ring (bicyclic) bond motifs is 2. The monoisotopic (exact) mass is 588 g/mol. The third-order valence-corrected chi connectivity index (χ3v) is 9.52. The molecule has 7 rings (SSSR count). The minimum Gasteiger partial charge on any atom is -0.494 e. The van der Waals surface area contributed by atoms with Crippen molar-refractivity contribution in [1.82, 2.24) is 19.1 Å². The van der Waals surface area contributed by atoms with Crippen LogP contribution in [0.25, 0.3) is 27.8 Å². The molecule has 0 unspecified atom stereocenters. The van der Waals surface area contributed by atoms with E-state index in [9.17, 15) is 9.18 Å². The van der Waals surface area contributed by atoms with E-state index in [-0.39, 0.29) is 24.9 Å². The Morgan fingerprint density at radius 3 is 2.58 bits per heavy atom. The van der Waals surface area contributed by atoms with Gasteiger partial charge >= 0.3 is 0 Å². The maximum atomic E-state index is 14.3. The molecule has 3 fully saturated rings. The number of halogens is 1. The fraction of sp³-hybridized carbons (Fsp3) is 0.515. The molecular weight excluding hydrogens is 547 g/mol. The van der Waals surface area contributed by atoms with Crippen LogP contribution in [0.4, 0.5) is 10.1 Å². The number of ether oxygens (including phenoxy) is 2. The largest absolute Gasteiger partial charge is 0.494 e. The molecule has 10 heteroatoms. The Hall–Kier alpha value is -3.63. The number of aromatic nitrogens is 3. The van der Waals surface area contributed by atoms with E-state index in [1.165, 1.54) is 34.3 Å². The van der Waals surface area contributed by atoms with Gasteiger partial charge in [-0.05, 0) is 69.2 Å². The smallest absolute Gasteiger partial charge is 0.255 e. The minimum absolute atomic E-state index is 0.0456. The van der Waals surface area contributed by atoms with Crippen molar-refractivity contribution in [2.45, 2.75) is 63.9 Å². The number of carbonyl (C=O) groups is 1. The maximum Gasteiger partial charge on any atom is 0.255 e. The SMILES string of the molecule is COc1cc(C(=O)N2C[C@H](N)C[C@@H](F)C2)cn2nc(-c3cc4ccc(N5CCC(OC)CC5)cc4n3CC3CC3)c(C)c12. The van der Waals surface area contributed by atoms with Gasteiger partial charge in [-0.1, -0.05) is 6.07 Å². The Bertz CT molecular complexity index is 1660.